The molecule has 2 heteroatoms. The molecule has 0 fully saturated rings. The van der Waals surface area contributed by atoms with Crippen molar-refractivity contribution in [3.05, 3.63) is 36.0 Å². The van der Waals surface area contributed by atoms with E-state index < -0.39 is 0 Å². The van der Waals surface area contributed by atoms with Crippen LogP contribution in [0, 0.1) is 0 Å². The number of halogens is 1. The molecule has 1 aliphatic heterocycles. The molecular weight excluding hydrogens is 158 g/mol. The fourth-order valence-corrected chi connectivity index (χ4v) is 1.24. The van der Waals surface area contributed by atoms with Crippen molar-refractivity contribution in [3.8, 4) is 0 Å². The van der Waals surface area contributed by atoms with E-state index in [0.29, 0.717) is 6.04 Å². The lowest BCUT2D eigenvalue weighted by Crippen LogP contribution is -2.29. The van der Waals surface area contributed by atoms with Gasteiger partial charge in [0, 0.05) is 17.8 Å². The van der Waals surface area contributed by atoms with Gasteiger partial charge in [-0.2, -0.15) is 0 Å². The predicted octanol–water partition coefficient (Wildman–Crippen LogP) is 2.51. The van der Waals surface area contributed by atoms with E-state index in [0.717, 1.165) is 11.6 Å². The van der Waals surface area contributed by atoms with E-state index in [-0.39, 0.29) is 0 Å². The van der Waals surface area contributed by atoms with Crippen molar-refractivity contribution in [1.29, 1.82) is 0 Å². The van der Waals surface area contributed by atoms with Crippen LogP contribution in [0.15, 0.2) is 36.0 Å². The molecule has 1 rings (SSSR count). The van der Waals surface area contributed by atoms with Crippen LogP contribution in [0.25, 0.3) is 0 Å². The summed E-state index contributed by atoms with van der Waals surface area (Å²) in [7, 11) is 0. The summed E-state index contributed by atoms with van der Waals surface area (Å²) in [4.78, 5) is 2.13. The molecule has 0 amide bonds. The van der Waals surface area contributed by atoms with Gasteiger partial charge in [0.2, 0.25) is 0 Å². The molecule has 0 saturated heterocycles. The van der Waals surface area contributed by atoms with Crippen molar-refractivity contribution < 1.29 is 0 Å². The Morgan fingerprint density at radius 3 is 3.18 bits per heavy atom. The highest BCUT2D eigenvalue weighted by molar-refractivity contribution is 6.30. The van der Waals surface area contributed by atoms with E-state index in [9.17, 15) is 0 Å². The third kappa shape index (κ3) is 1.87. The summed E-state index contributed by atoms with van der Waals surface area (Å²) >= 11 is 5.93. The fraction of sp³-hybridized carbons (Fsp3) is 0.333. The zero-order valence-corrected chi connectivity index (χ0v) is 7.38. The van der Waals surface area contributed by atoms with Crippen molar-refractivity contribution in [2.75, 3.05) is 6.54 Å². The molecule has 0 spiro atoms. The summed E-state index contributed by atoms with van der Waals surface area (Å²) in [6, 6.07) is 0.291. The number of nitrogens with zero attached hydrogens (tertiary/aromatic N) is 1. The first-order valence-electron chi connectivity index (χ1n) is 3.66. The smallest absolute Gasteiger partial charge is 0.0618 e. The highest BCUT2D eigenvalue weighted by Gasteiger charge is 2.13. The molecule has 1 aliphatic rings. The molecule has 0 bridgehead atoms. The molecule has 0 saturated carbocycles. The zero-order valence-electron chi connectivity index (χ0n) is 6.63. The average Bonchev–Trinajstić information content (AvgIpc) is 1.99. The molecule has 11 heavy (non-hydrogen) atoms. The zero-order chi connectivity index (χ0) is 8.27. The molecular formula is C9H12ClN. The van der Waals surface area contributed by atoms with Crippen LogP contribution in [0.5, 0.6) is 0 Å². The minimum atomic E-state index is 0.291. The average molecular weight is 170 g/mol. The normalized spacial score (nSPS) is 23.3. The van der Waals surface area contributed by atoms with Crippen molar-refractivity contribution >= 4 is 11.6 Å². The molecule has 0 radical (unpaired) electrons. The van der Waals surface area contributed by atoms with E-state index in [4.69, 9.17) is 11.6 Å². The maximum absolute atomic E-state index is 5.93. The van der Waals surface area contributed by atoms with E-state index in [1.165, 1.54) is 0 Å². The molecule has 1 heterocycles. The van der Waals surface area contributed by atoms with Gasteiger partial charge in [0.05, 0.1) is 6.04 Å². The summed E-state index contributed by atoms with van der Waals surface area (Å²) in [5, 5.41) is 0.884. The van der Waals surface area contributed by atoms with E-state index in [1.54, 1.807) is 0 Å². The van der Waals surface area contributed by atoms with Crippen molar-refractivity contribution in [2.45, 2.75) is 13.0 Å². The second-order valence-corrected chi connectivity index (χ2v) is 2.99. The maximum Gasteiger partial charge on any atom is 0.0618 e. The van der Waals surface area contributed by atoms with Crippen LogP contribution in [0.3, 0.4) is 0 Å². The highest BCUT2D eigenvalue weighted by atomic mass is 35.5. The van der Waals surface area contributed by atoms with Gasteiger partial charge in [-0.3, -0.25) is 0 Å². The van der Waals surface area contributed by atoms with Gasteiger partial charge >= 0.3 is 0 Å². The largest absolute Gasteiger partial charge is 0.366 e. The monoisotopic (exact) mass is 169 g/mol. The first kappa shape index (κ1) is 8.41. The van der Waals surface area contributed by atoms with E-state index in [1.807, 2.05) is 24.4 Å². The van der Waals surface area contributed by atoms with Crippen LogP contribution in [-0.2, 0) is 0 Å². The van der Waals surface area contributed by atoms with Crippen LogP contribution < -0.4 is 0 Å². The third-order valence-corrected chi connectivity index (χ3v) is 2.21. The molecule has 60 valence electrons. The van der Waals surface area contributed by atoms with E-state index in [2.05, 4.69) is 18.4 Å². The Kier molecular flexibility index (Phi) is 2.77. The third-order valence-electron chi connectivity index (χ3n) is 1.77. The van der Waals surface area contributed by atoms with Crippen molar-refractivity contribution in [3.63, 3.8) is 0 Å². The second kappa shape index (κ2) is 3.63. The van der Waals surface area contributed by atoms with E-state index >= 15 is 0 Å². The molecule has 0 aromatic rings. The molecule has 1 nitrogen and oxygen atoms in total. The molecule has 0 aromatic heterocycles. The second-order valence-electron chi connectivity index (χ2n) is 2.55. The van der Waals surface area contributed by atoms with Gasteiger partial charge in [0.15, 0.2) is 0 Å². The van der Waals surface area contributed by atoms with Crippen LogP contribution in [0.4, 0.5) is 0 Å². The Balaban J connectivity index is 2.64. The quantitative estimate of drug-likeness (QED) is 0.575. The Hall–Kier alpha value is -0.690. The first-order valence-corrected chi connectivity index (χ1v) is 4.04. The van der Waals surface area contributed by atoms with Gasteiger partial charge in [-0.15, -0.1) is 6.58 Å². The lowest BCUT2D eigenvalue weighted by Gasteiger charge is -2.28. The first-order chi connectivity index (χ1) is 5.25. The van der Waals surface area contributed by atoms with Gasteiger partial charge in [-0.1, -0.05) is 17.7 Å². The van der Waals surface area contributed by atoms with Crippen molar-refractivity contribution in [2.24, 2.45) is 0 Å². The molecule has 0 N–H and O–H groups in total. The predicted molar refractivity (Wildman–Crippen MR) is 49.4 cm³/mol. The van der Waals surface area contributed by atoms with Gasteiger partial charge < -0.3 is 4.90 Å². The van der Waals surface area contributed by atoms with Crippen LogP contribution in [-0.4, -0.2) is 17.5 Å². The van der Waals surface area contributed by atoms with Crippen LogP contribution in [0.2, 0.25) is 0 Å². The Morgan fingerprint density at radius 1 is 1.82 bits per heavy atom. The molecule has 0 aliphatic carbocycles. The number of hydrogen-bond acceptors (Lipinski definition) is 1. The molecule has 1 atom stereocenters. The lowest BCUT2D eigenvalue weighted by molar-refractivity contribution is 0.362. The Bertz CT molecular complexity index is 206. The minimum absolute atomic E-state index is 0.291. The Morgan fingerprint density at radius 2 is 2.55 bits per heavy atom. The SMILES string of the molecule is C=CCN1C=CC=C(Cl)C1C. The Labute approximate surface area is 72.6 Å². The minimum Gasteiger partial charge on any atom is -0.366 e. The van der Waals surface area contributed by atoms with Crippen LogP contribution >= 0.6 is 11.6 Å². The summed E-state index contributed by atoms with van der Waals surface area (Å²) in [6.45, 7) is 6.60. The number of rotatable bonds is 2. The molecule has 1 unspecified atom stereocenters. The van der Waals surface area contributed by atoms with Gasteiger partial charge in [0.25, 0.3) is 0 Å². The standard InChI is InChI=1S/C9H12ClN/c1-3-6-11-7-4-5-9(10)8(11)2/h3-5,7-8H,1,6H2,2H3. The van der Waals surface area contributed by atoms with Gasteiger partial charge in [-0.05, 0) is 19.1 Å². The van der Waals surface area contributed by atoms with Crippen LogP contribution in [0.1, 0.15) is 6.92 Å². The topological polar surface area (TPSA) is 3.24 Å². The lowest BCUT2D eigenvalue weighted by atomic mass is 10.2. The fourth-order valence-electron chi connectivity index (χ4n) is 1.04. The van der Waals surface area contributed by atoms with Crippen molar-refractivity contribution in [1.82, 2.24) is 4.90 Å². The summed E-state index contributed by atoms with van der Waals surface area (Å²) in [5.41, 5.74) is 0. The summed E-state index contributed by atoms with van der Waals surface area (Å²) in [6.07, 6.45) is 7.77. The summed E-state index contributed by atoms with van der Waals surface area (Å²) in [5.74, 6) is 0. The van der Waals surface area contributed by atoms with Gasteiger partial charge in [0.1, 0.15) is 0 Å². The maximum atomic E-state index is 5.93. The summed E-state index contributed by atoms with van der Waals surface area (Å²) < 4.78 is 0. The van der Waals surface area contributed by atoms with Gasteiger partial charge in [-0.25, -0.2) is 0 Å². The number of hydrogen-bond donors (Lipinski definition) is 0. The molecule has 0 aromatic carbocycles. The highest BCUT2D eigenvalue weighted by Crippen LogP contribution is 2.18. The number of allylic oxidation sites excluding steroid dienone is 2.